The molecule has 40 heavy (non-hydrogen) atoms. The number of morpholine rings is 1. The molecule has 0 N–H and O–H groups in total. The van der Waals surface area contributed by atoms with Gasteiger partial charge in [-0.05, 0) is 30.9 Å². The van der Waals surface area contributed by atoms with E-state index in [4.69, 9.17) is 24.2 Å². The summed E-state index contributed by atoms with van der Waals surface area (Å²) in [4.78, 5) is 12.1. The number of nitrogens with zero attached hydrogens (tertiary/aromatic N) is 5. The predicted octanol–water partition coefficient (Wildman–Crippen LogP) is 7.73. The van der Waals surface area contributed by atoms with Crippen LogP contribution in [0.5, 0.6) is 0 Å². The molecule has 4 rings (SSSR count). The minimum atomic E-state index is 0.478. The van der Waals surface area contributed by atoms with Crippen LogP contribution >= 0.6 is 0 Å². The van der Waals surface area contributed by atoms with Crippen LogP contribution in [0.2, 0.25) is 0 Å². The second-order valence-electron chi connectivity index (χ2n) is 10.2. The van der Waals surface area contributed by atoms with Crippen LogP contribution in [0.15, 0.2) is 84.0 Å². The maximum atomic E-state index is 6.45. The maximum absolute atomic E-state index is 6.45. The summed E-state index contributed by atoms with van der Waals surface area (Å²) in [6.45, 7) is 19.1. The number of furan rings is 1. The van der Waals surface area contributed by atoms with Crippen molar-refractivity contribution in [1.29, 1.82) is 0 Å². The quantitative estimate of drug-likeness (QED) is 0.219. The van der Waals surface area contributed by atoms with Gasteiger partial charge in [0.15, 0.2) is 11.4 Å². The Morgan fingerprint density at radius 1 is 1.18 bits per heavy atom. The van der Waals surface area contributed by atoms with Crippen molar-refractivity contribution in [3.05, 3.63) is 91.0 Å². The van der Waals surface area contributed by atoms with E-state index in [1.165, 1.54) is 0 Å². The molecule has 7 nitrogen and oxygen atoms in total. The van der Waals surface area contributed by atoms with Gasteiger partial charge in [-0.25, -0.2) is 9.67 Å². The van der Waals surface area contributed by atoms with Crippen LogP contribution in [0.3, 0.4) is 0 Å². The molecule has 1 aliphatic rings. The van der Waals surface area contributed by atoms with Crippen LogP contribution in [0, 0.1) is 5.92 Å². The minimum Gasteiger partial charge on any atom is -0.451 e. The highest BCUT2D eigenvalue weighted by Gasteiger charge is 2.22. The Kier molecular flexibility index (Phi) is 10.1. The fourth-order valence-corrected chi connectivity index (χ4v) is 4.43. The fourth-order valence-electron chi connectivity index (χ4n) is 4.43. The summed E-state index contributed by atoms with van der Waals surface area (Å²) in [5, 5.41) is 4.88. The highest BCUT2D eigenvalue weighted by Crippen LogP contribution is 2.33. The monoisotopic (exact) mass is 539 g/mol. The van der Waals surface area contributed by atoms with E-state index in [-0.39, 0.29) is 0 Å². The minimum absolute atomic E-state index is 0.478. The lowest BCUT2D eigenvalue weighted by Crippen LogP contribution is -2.37. The Bertz CT molecular complexity index is 1450. The SMILES string of the molecule is C=C/C=C\C=C(/CCC)c1cc2nc(-n3ccc(C(/C=C\C(C)CC)=C/C(=C)C)n3)nc(N3CCOCC3)c2o1. The molecule has 1 unspecified atom stereocenters. The molecule has 0 aromatic carbocycles. The Labute approximate surface area is 237 Å². The molecule has 0 radical (unpaired) electrons. The molecule has 1 atom stereocenters. The zero-order valence-corrected chi connectivity index (χ0v) is 24.3. The first-order valence-corrected chi connectivity index (χ1v) is 14.2. The van der Waals surface area contributed by atoms with Gasteiger partial charge in [0.1, 0.15) is 11.3 Å². The highest BCUT2D eigenvalue weighted by molar-refractivity contribution is 5.88. The Hall–Kier alpha value is -3.97. The van der Waals surface area contributed by atoms with Gasteiger partial charge in [0.05, 0.1) is 18.9 Å². The van der Waals surface area contributed by atoms with Gasteiger partial charge >= 0.3 is 0 Å². The van der Waals surface area contributed by atoms with Gasteiger partial charge in [-0.3, -0.25) is 0 Å². The van der Waals surface area contributed by atoms with Crippen LogP contribution in [0.4, 0.5) is 5.82 Å². The van der Waals surface area contributed by atoms with Gasteiger partial charge in [-0.15, -0.1) is 0 Å². The smallest absolute Gasteiger partial charge is 0.253 e. The second-order valence-corrected chi connectivity index (χ2v) is 10.2. The van der Waals surface area contributed by atoms with Gasteiger partial charge in [-0.1, -0.05) is 94.9 Å². The topological polar surface area (TPSA) is 69.2 Å². The average Bonchev–Trinajstić information content (AvgIpc) is 3.62. The number of ether oxygens (including phenoxy) is 1. The Morgan fingerprint density at radius 3 is 2.67 bits per heavy atom. The van der Waals surface area contributed by atoms with Gasteiger partial charge in [0, 0.05) is 30.9 Å². The molecule has 0 spiro atoms. The molecule has 0 saturated carbocycles. The summed E-state index contributed by atoms with van der Waals surface area (Å²) in [5.41, 5.74) is 5.36. The lowest BCUT2D eigenvalue weighted by molar-refractivity contribution is 0.122. The third-order valence-electron chi connectivity index (χ3n) is 6.77. The summed E-state index contributed by atoms with van der Waals surface area (Å²) in [5.74, 6) is 2.54. The molecule has 1 fully saturated rings. The van der Waals surface area contributed by atoms with Crippen molar-refractivity contribution < 1.29 is 9.15 Å². The van der Waals surface area contributed by atoms with Crippen molar-refractivity contribution >= 4 is 28.1 Å². The summed E-state index contributed by atoms with van der Waals surface area (Å²) in [7, 11) is 0. The molecular formula is C33H41N5O2. The van der Waals surface area contributed by atoms with Gasteiger partial charge < -0.3 is 14.1 Å². The Morgan fingerprint density at radius 2 is 1.98 bits per heavy atom. The number of rotatable bonds is 12. The molecule has 210 valence electrons. The van der Waals surface area contributed by atoms with E-state index in [0.717, 1.165) is 71.9 Å². The first kappa shape index (κ1) is 29.0. The Balaban J connectivity index is 1.80. The van der Waals surface area contributed by atoms with Crippen molar-refractivity contribution in [2.75, 3.05) is 31.2 Å². The second kappa shape index (κ2) is 13.9. The molecule has 4 heterocycles. The first-order chi connectivity index (χ1) is 19.4. The van der Waals surface area contributed by atoms with Crippen LogP contribution < -0.4 is 4.90 Å². The fraction of sp³-hybridized carbons (Fsp3) is 0.364. The van der Waals surface area contributed by atoms with E-state index in [9.17, 15) is 0 Å². The lowest BCUT2D eigenvalue weighted by atomic mass is 10.0. The van der Waals surface area contributed by atoms with Crippen molar-refractivity contribution in [2.45, 2.75) is 47.0 Å². The molecule has 7 heteroatoms. The summed E-state index contributed by atoms with van der Waals surface area (Å²) < 4.78 is 13.8. The number of fused-ring (bicyclic) bond motifs is 1. The molecule has 3 aromatic heterocycles. The van der Waals surface area contributed by atoms with Crippen molar-refractivity contribution in [1.82, 2.24) is 19.7 Å². The van der Waals surface area contributed by atoms with Gasteiger partial charge in [-0.2, -0.15) is 10.1 Å². The summed E-state index contributed by atoms with van der Waals surface area (Å²) in [6.07, 6.45) is 19.0. The average molecular weight is 540 g/mol. The zero-order chi connectivity index (χ0) is 28.5. The molecular weight excluding hydrogens is 498 g/mol. The summed E-state index contributed by atoms with van der Waals surface area (Å²) >= 11 is 0. The largest absolute Gasteiger partial charge is 0.451 e. The predicted molar refractivity (Wildman–Crippen MR) is 166 cm³/mol. The van der Waals surface area contributed by atoms with E-state index in [1.54, 1.807) is 10.8 Å². The number of hydrogen-bond donors (Lipinski definition) is 0. The van der Waals surface area contributed by atoms with Crippen LogP contribution in [-0.2, 0) is 4.74 Å². The zero-order valence-electron chi connectivity index (χ0n) is 24.3. The van der Waals surface area contributed by atoms with Crippen LogP contribution in [0.1, 0.15) is 58.4 Å². The van der Waals surface area contributed by atoms with E-state index in [1.807, 2.05) is 37.4 Å². The number of hydrogen-bond acceptors (Lipinski definition) is 6. The molecule has 0 amide bonds. The van der Waals surface area contributed by atoms with Crippen LogP contribution in [-0.4, -0.2) is 46.1 Å². The molecule has 1 saturated heterocycles. The highest BCUT2D eigenvalue weighted by atomic mass is 16.5. The third-order valence-corrected chi connectivity index (χ3v) is 6.77. The number of aromatic nitrogens is 4. The molecule has 1 aliphatic heterocycles. The molecule has 0 aliphatic carbocycles. The van der Waals surface area contributed by atoms with Crippen molar-refractivity contribution in [2.24, 2.45) is 5.92 Å². The molecule has 0 bridgehead atoms. The molecule has 3 aromatic rings. The summed E-state index contributed by atoms with van der Waals surface area (Å²) in [6, 6.07) is 4.01. The van der Waals surface area contributed by atoms with E-state index in [2.05, 4.69) is 63.1 Å². The van der Waals surface area contributed by atoms with Crippen molar-refractivity contribution in [3.63, 3.8) is 0 Å². The standard InChI is InChI=1S/C33H41N5O2/c1-7-10-11-13-26(12-8-2)30-23-29-31(40-30)32(37-18-20-39-21-19-37)35-33(34-29)38-17-16-28(36-38)27(22-24(4)5)15-14-25(6)9-3/h7,10-11,13-17,22-23,25H,1,4,8-9,12,18-21H2,2-3,5-6H3/b11-10-,15-14-,26-13+,27-22+. The van der Waals surface area contributed by atoms with Crippen LogP contribution in [0.25, 0.3) is 28.2 Å². The van der Waals surface area contributed by atoms with Gasteiger partial charge in [0.2, 0.25) is 0 Å². The van der Waals surface area contributed by atoms with Crippen molar-refractivity contribution in [3.8, 4) is 5.95 Å². The van der Waals surface area contributed by atoms with E-state index < -0.39 is 0 Å². The van der Waals surface area contributed by atoms with E-state index >= 15 is 0 Å². The third kappa shape index (κ3) is 7.16. The van der Waals surface area contributed by atoms with E-state index in [0.29, 0.717) is 30.7 Å². The maximum Gasteiger partial charge on any atom is 0.253 e. The number of anilines is 1. The first-order valence-electron chi connectivity index (χ1n) is 14.2. The van der Waals surface area contributed by atoms with Gasteiger partial charge in [0.25, 0.3) is 5.95 Å². The normalized spacial score (nSPS) is 15.9. The lowest BCUT2D eigenvalue weighted by Gasteiger charge is -2.27. The number of allylic oxidation sites excluding steroid dienone is 10.